The predicted molar refractivity (Wildman–Crippen MR) is 172 cm³/mol. The van der Waals surface area contributed by atoms with E-state index in [0.717, 1.165) is 13.1 Å². The van der Waals surface area contributed by atoms with Crippen molar-refractivity contribution in [1.82, 2.24) is 19.6 Å². The average Bonchev–Trinajstić information content (AvgIpc) is 3.44. The number of cyclic esters (lactones) is 1. The third-order valence-corrected chi connectivity index (χ3v) is 9.82. The Morgan fingerprint density at radius 3 is 2.49 bits per heavy atom. The molecule has 9 nitrogen and oxygen atoms in total. The molecule has 258 valence electrons. The van der Waals surface area contributed by atoms with Crippen LogP contribution in [-0.4, -0.2) is 94.2 Å². The zero-order valence-electron chi connectivity index (χ0n) is 27.7. The van der Waals surface area contributed by atoms with Gasteiger partial charge in [0.25, 0.3) is 0 Å². The summed E-state index contributed by atoms with van der Waals surface area (Å²) in [6.07, 6.45) is 5.04. The minimum Gasteiger partial charge on any atom is -0.457 e. The molecule has 5 atom stereocenters. The zero-order chi connectivity index (χ0) is 33.9. The van der Waals surface area contributed by atoms with Crippen molar-refractivity contribution in [3.63, 3.8) is 0 Å². The molecule has 47 heavy (non-hydrogen) atoms. The van der Waals surface area contributed by atoms with E-state index in [1.54, 1.807) is 28.6 Å². The number of hydrogen-bond donors (Lipinski definition) is 1. The summed E-state index contributed by atoms with van der Waals surface area (Å²) in [5.41, 5.74) is 1.68. The molecule has 1 N–H and O–H groups in total. The van der Waals surface area contributed by atoms with Crippen LogP contribution in [0.2, 0.25) is 0 Å². The smallest absolute Gasteiger partial charge is 0.410 e. The van der Waals surface area contributed by atoms with Crippen LogP contribution in [0.4, 0.5) is 18.0 Å². The first-order valence-electron chi connectivity index (χ1n) is 16.7. The van der Waals surface area contributed by atoms with Crippen molar-refractivity contribution in [3.05, 3.63) is 47.4 Å². The van der Waals surface area contributed by atoms with Crippen molar-refractivity contribution >= 4 is 29.0 Å². The highest BCUT2D eigenvalue weighted by Crippen LogP contribution is 2.39. The summed E-state index contributed by atoms with van der Waals surface area (Å²) >= 11 is 0. The fourth-order valence-electron chi connectivity index (χ4n) is 6.74. The summed E-state index contributed by atoms with van der Waals surface area (Å²) in [6.45, 7) is 8.35. The number of nitrogens with zero attached hydrogens (tertiary/aromatic N) is 4. The number of benzene rings is 1. The number of rotatable bonds is 4. The molecule has 1 saturated carbocycles. The molecule has 2 fully saturated rings. The lowest BCUT2D eigenvalue weighted by Crippen LogP contribution is -2.48. The minimum atomic E-state index is -2.69. The largest absolute Gasteiger partial charge is 0.457 e. The lowest BCUT2D eigenvalue weighted by atomic mass is 9.91. The maximum absolute atomic E-state index is 15.3. The highest BCUT2D eigenvalue weighted by molar-refractivity contribution is 5.82. The topological polar surface area (TPSA) is 97.1 Å². The van der Waals surface area contributed by atoms with Gasteiger partial charge in [-0.25, -0.2) is 18.0 Å². The number of aromatic nitrogens is 2. The summed E-state index contributed by atoms with van der Waals surface area (Å²) in [6, 6.07) is 2.90. The lowest BCUT2D eigenvalue weighted by molar-refractivity contribution is -0.151. The number of aliphatic hydroxyl groups is 1. The van der Waals surface area contributed by atoms with E-state index in [9.17, 15) is 23.5 Å². The van der Waals surface area contributed by atoms with Gasteiger partial charge in [0.2, 0.25) is 5.92 Å². The van der Waals surface area contributed by atoms with Crippen LogP contribution < -0.4 is 0 Å². The molecule has 2 aliphatic heterocycles. The van der Waals surface area contributed by atoms with E-state index >= 15 is 4.39 Å². The number of fused-ring (bicyclic) bond motifs is 1. The molecule has 1 saturated heterocycles. The van der Waals surface area contributed by atoms with Crippen LogP contribution in [-0.2, 0) is 14.3 Å². The molecule has 1 aromatic carbocycles. The second-order valence-electron chi connectivity index (χ2n) is 13.7. The monoisotopic (exact) mass is 660 g/mol. The number of esters is 1. The first-order valence-corrected chi connectivity index (χ1v) is 16.7. The SMILES string of the molecule is C/C(=C\c1cc(F)c2cnn(C3CCC(F)(F)CC3)c2c1)[C@H]1OC(=O)C[C@H](O)CC[C@H](C)[C@@H](OC(=O)N2CCN(C)CC2)/C=C\[C@@H]1C. The van der Waals surface area contributed by atoms with Gasteiger partial charge in [-0.3, -0.25) is 9.48 Å². The first-order chi connectivity index (χ1) is 22.3. The summed E-state index contributed by atoms with van der Waals surface area (Å²) in [7, 11) is 2.01. The number of hydrogen-bond acceptors (Lipinski definition) is 7. The summed E-state index contributed by atoms with van der Waals surface area (Å²) in [5, 5.41) is 15.3. The molecule has 2 aromatic rings. The van der Waals surface area contributed by atoms with Gasteiger partial charge in [-0.15, -0.1) is 0 Å². The molecule has 0 unspecified atom stereocenters. The normalized spacial score (nSPS) is 29.5. The van der Waals surface area contributed by atoms with Gasteiger partial charge >= 0.3 is 12.1 Å². The highest BCUT2D eigenvalue weighted by atomic mass is 19.3. The van der Waals surface area contributed by atoms with Gasteiger partial charge < -0.3 is 24.4 Å². The number of aliphatic hydroxyl groups excluding tert-OH is 1. The molecule has 0 bridgehead atoms. The van der Waals surface area contributed by atoms with Crippen molar-refractivity contribution < 1.29 is 37.3 Å². The Morgan fingerprint density at radius 1 is 1.09 bits per heavy atom. The molecule has 0 spiro atoms. The predicted octanol–water partition coefficient (Wildman–Crippen LogP) is 6.37. The fourth-order valence-corrected chi connectivity index (χ4v) is 6.74. The average molecular weight is 661 g/mol. The number of amides is 1. The van der Waals surface area contributed by atoms with Gasteiger partial charge in [0, 0.05) is 44.9 Å². The number of carbonyl (C=O) groups excluding carboxylic acids is 2. The standard InChI is InChI=1S/C35H47F3N4O5/c1-22-5-7-27(43)20-32(44)47-33(23(2)6-8-31(22)46-34(45)41-15-13-40(4)14-16-41)24(3)17-25-18-29(36)28-21-39-42(30(28)19-25)26-9-11-35(37,38)12-10-26/h6,8,17-19,21-23,26-27,31,33,43H,5,7,9-16,20H2,1-4H3/b8-6-,24-17+/t22-,23-,27+,31-,33-/m0/s1. The van der Waals surface area contributed by atoms with Gasteiger partial charge in [-0.2, -0.15) is 5.10 Å². The number of likely N-dealkylation sites (N-methyl/N-ethyl adjacent to an activating group) is 1. The number of halogens is 3. The second-order valence-corrected chi connectivity index (χ2v) is 13.7. The van der Waals surface area contributed by atoms with E-state index in [1.165, 1.54) is 12.3 Å². The number of carbonyl (C=O) groups is 2. The number of piperazine rings is 1. The molecule has 0 radical (unpaired) electrons. The van der Waals surface area contributed by atoms with Gasteiger partial charge in [0.1, 0.15) is 18.0 Å². The van der Waals surface area contributed by atoms with Crippen molar-refractivity contribution in [2.75, 3.05) is 33.2 Å². The maximum atomic E-state index is 15.3. The van der Waals surface area contributed by atoms with E-state index in [2.05, 4.69) is 10.00 Å². The quantitative estimate of drug-likeness (QED) is 0.301. The van der Waals surface area contributed by atoms with Crippen LogP contribution >= 0.6 is 0 Å². The summed E-state index contributed by atoms with van der Waals surface area (Å²) < 4.78 is 56.5. The molecule has 1 aliphatic carbocycles. The van der Waals surface area contributed by atoms with E-state index in [-0.39, 0.29) is 56.1 Å². The lowest BCUT2D eigenvalue weighted by Gasteiger charge is -2.33. The Hall–Kier alpha value is -3.38. The highest BCUT2D eigenvalue weighted by Gasteiger charge is 2.36. The molecule has 1 amide bonds. The Labute approximate surface area is 274 Å². The van der Waals surface area contributed by atoms with Crippen LogP contribution in [0.5, 0.6) is 0 Å². The third-order valence-electron chi connectivity index (χ3n) is 9.82. The fraction of sp³-hybridized carbons (Fsp3) is 0.629. The summed E-state index contributed by atoms with van der Waals surface area (Å²) in [5.74, 6) is -4.18. The zero-order valence-corrected chi connectivity index (χ0v) is 27.7. The molecular weight excluding hydrogens is 613 g/mol. The number of ether oxygens (including phenoxy) is 2. The van der Waals surface area contributed by atoms with Crippen LogP contribution in [0.25, 0.3) is 17.0 Å². The molecule has 3 heterocycles. The van der Waals surface area contributed by atoms with Gasteiger partial charge in [0.05, 0.1) is 35.7 Å². The van der Waals surface area contributed by atoms with Crippen molar-refractivity contribution in [2.24, 2.45) is 11.8 Å². The van der Waals surface area contributed by atoms with Gasteiger partial charge in [-0.1, -0.05) is 26.0 Å². The van der Waals surface area contributed by atoms with Gasteiger partial charge in [0.15, 0.2) is 0 Å². The van der Waals surface area contributed by atoms with Crippen molar-refractivity contribution in [2.45, 2.75) is 96.0 Å². The van der Waals surface area contributed by atoms with Crippen LogP contribution in [0.1, 0.15) is 77.3 Å². The third kappa shape index (κ3) is 8.76. The Bertz CT molecular complexity index is 1470. The molecule has 5 rings (SSSR count). The maximum Gasteiger partial charge on any atom is 0.410 e. The van der Waals surface area contributed by atoms with Crippen LogP contribution in [0.15, 0.2) is 36.1 Å². The van der Waals surface area contributed by atoms with E-state index in [0.29, 0.717) is 48.0 Å². The van der Waals surface area contributed by atoms with Crippen LogP contribution in [0, 0.1) is 17.7 Å². The Morgan fingerprint density at radius 2 is 1.79 bits per heavy atom. The van der Waals surface area contributed by atoms with Crippen molar-refractivity contribution in [1.29, 1.82) is 0 Å². The van der Waals surface area contributed by atoms with E-state index in [4.69, 9.17) is 9.47 Å². The van der Waals surface area contributed by atoms with E-state index < -0.39 is 36.0 Å². The number of alkyl halides is 2. The Balaban J connectivity index is 1.39. The minimum absolute atomic E-state index is 0.106. The molecule has 3 aliphatic rings. The van der Waals surface area contributed by atoms with Crippen LogP contribution in [0.3, 0.4) is 0 Å². The van der Waals surface area contributed by atoms with Crippen molar-refractivity contribution in [3.8, 4) is 0 Å². The Kier molecular flexibility index (Phi) is 11.0. The van der Waals surface area contributed by atoms with Gasteiger partial charge in [-0.05, 0) is 74.9 Å². The van der Waals surface area contributed by atoms with E-state index in [1.807, 2.05) is 33.0 Å². The molecule has 12 heteroatoms. The molecular formula is C35H47F3N4O5. The summed E-state index contributed by atoms with van der Waals surface area (Å²) in [4.78, 5) is 29.9. The first kappa shape index (κ1) is 34.9. The molecule has 1 aromatic heterocycles. The second kappa shape index (κ2) is 14.8.